The first-order valence-electron chi connectivity index (χ1n) is 5.60. The molecule has 1 N–H and O–H groups in total. The van der Waals surface area contributed by atoms with Gasteiger partial charge in [0.05, 0.1) is 0 Å². The summed E-state index contributed by atoms with van der Waals surface area (Å²) in [6, 6.07) is 4.46. The Morgan fingerprint density at radius 1 is 1.33 bits per heavy atom. The molecule has 2 amide bonds. The van der Waals surface area contributed by atoms with Gasteiger partial charge in [-0.3, -0.25) is 0 Å². The van der Waals surface area contributed by atoms with Gasteiger partial charge in [0.1, 0.15) is 5.84 Å². The molecular weight excluding hydrogens is 273 g/mol. The van der Waals surface area contributed by atoms with Gasteiger partial charge in [-0.15, -0.1) is 0 Å². The normalized spacial score (nSPS) is 17.3. The molecule has 0 atom stereocenters. The molecule has 1 aromatic carbocycles. The molecule has 6 heteroatoms. The molecule has 1 heterocycles. The number of urea groups is 1. The van der Waals surface area contributed by atoms with Gasteiger partial charge >= 0.3 is 6.03 Å². The lowest BCUT2D eigenvalue weighted by atomic mass is 10.3. The Bertz CT molecular complexity index is 482. The van der Waals surface area contributed by atoms with Gasteiger partial charge in [0.15, 0.2) is 0 Å². The Hall–Kier alpha value is -1.26. The maximum Gasteiger partial charge on any atom is 0.347 e. The van der Waals surface area contributed by atoms with Gasteiger partial charge in [0.25, 0.3) is 0 Å². The van der Waals surface area contributed by atoms with Crippen molar-refractivity contribution in [3.05, 3.63) is 28.2 Å². The third kappa shape index (κ3) is 3.37. The zero-order valence-corrected chi connectivity index (χ0v) is 11.4. The van der Waals surface area contributed by atoms with Crippen LogP contribution in [0.5, 0.6) is 0 Å². The minimum atomic E-state index is -0.405. The molecule has 0 spiro atoms. The Morgan fingerprint density at radius 3 is 2.56 bits per heavy atom. The van der Waals surface area contributed by atoms with E-state index in [2.05, 4.69) is 10.3 Å². The molecule has 96 valence electrons. The zero-order chi connectivity index (χ0) is 13.1. The van der Waals surface area contributed by atoms with Crippen molar-refractivity contribution in [2.45, 2.75) is 12.8 Å². The molecule has 4 nitrogen and oxygen atoms in total. The SMILES string of the molecule is CN1CCCC1=NC(=O)Nc1cc(Cl)cc(Cl)c1. The largest absolute Gasteiger partial charge is 0.363 e. The van der Waals surface area contributed by atoms with Crippen molar-refractivity contribution in [2.75, 3.05) is 18.9 Å². The van der Waals surface area contributed by atoms with Gasteiger partial charge in [-0.05, 0) is 24.6 Å². The summed E-state index contributed by atoms with van der Waals surface area (Å²) in [5.41, 5.74) is 0.544. The highest BCUT2D eigenvalue weighted by molar-refractivity contribution is 6.35. The van der Waals surface area contributed by atoms with Crippen LogP contribution in [-0.4, -0.2) is 30.4 Å². The lowest BCUT2D eigenvalue weighted by Crippen LogP contribution is -2.21. The lowest BCUT2D eigenvalue weighted by Gasteiger charge is -2.10. The third-order valence-electron chi connectivity index (χ3n) is 2.68. The molecular formula is C12H13Cl2N3O. The molecule has 1 saturated heterocycles. The zero-order valence-electron chi connectivity index (χ0n) is 9.91. The molecule has 1 fully saturated rings. The number of aliphatic imine (C=N–C) groups is 1. The number of hydrogen-bond donors (Lipinski definition) is 1. The van der Waals surface area contributed by atoms with Crippen molar-refractivity contribution in [1.82, 2.24) is 4.90 Å². The fourth-order valence-corrected chi connectivity index (χ4v) is 2.36. The quantitative estimate of drug-likeness (QED) is 0.856. The molecule has 2 rings (SSSR count). The molecule has 1 aliphatic rings. The second-order valence-corrected chi connectivity index (χ2v) is 5.01. The van der Waals surface area contributed by atoms with Gasteiger partial charge in [0.2, 0.25) is 0 Å². The van der Waals surface area contributed by atoms with Crippen molar-refractivity contribution in [2.24, 2.45) is 4.99 Å². The van der Waals surface area contributed by atoms with E-state index in [1.807, 2.05) is 11.9 Å². The number of carbonyl (C=O) groups excluding carboxylic acids is 1. The summed E-state index contributed by atoms with van der Waals surface area (Å²) >= 11 is 11.7. The van der Waals surface area contributed by atoms with Crippen LogP contribution >= 0.6 is 23.2 Å². The third-order valence-corrected chi connectivity index (χ3v) is 3.12. The highest BCUT2D eigenvalue weighted by Crippen LogP contribution is 2.22. The maximum absolute atomic E-state index is 11.7. The van der Waals surface area contributed by atoms with Crippen LogP contribution < -0.4 is 5.32 Å². The first-order chi connectivity index (χ1) is 8.54. The van der Waals surface area contributed by atoms with Crippen LogP contribution in [0.25, 0.3) is 0 Å². The standard InChI is InChI=1S/C12H13Cl2N3O/c1-17-4-2-3-11(17)16-12(18)15-10-6-8(13)5-9(14)7-10/h5-7H,2-4H2,1H3,(H,15,18). The Morgan fingerprint density at radius 2 is 2.00 bits per heavy atom. The van der Waals surface area contributed by atoms with Crippen molar-refractivity contribution in [1.29, 1.82) is 0 Å². The minimum Gasteiger partial charge on any atom is -0.363 e. The lowest BCUT2D eigenvalue weighted by molar-refractivity contribution is 0.259. The van der Waals surface area contributed by atoms with E-state index in [0.29, 0.717) is 15.7 Å². The summed E-state index contributed by atoms with van der Waals surface area (Å²) in [4.78, 5) is 17.7. The first-order valence-corrected chi connectivity index (χ1v) is 6.36. The maximum atomic E-state index is 11.7. The average Bonchev–Trinajstić information content (AvgIpc) is 2.62. The molecule has 0 saturated carbocycles. The number of rotatable bonds is 1. The Balaban J connectivity index is 2.07. The van der Waals surface area contributed by atoms with Crippen molar-refractivity contribution < 1.29 is 4.79 Å². The molecule has 1 aromatic rings. The number of amidine groups is 1. The monoisotopic (exact) mass is 285 g/mol. The number of carbonyl (C=O) groups is 1. The second kappa shape index (κ2) is 5.59. The van der Waals surface area contributed by atoms with Crippen LogP contribution in [0.15, 0.2) is 23.2 Å². The number of likely N-dealkylation sites (tertiary alicyclic amines) is 1. The number of benzene rings is 1. The highest BCUT2D eigenvalue weighted by atomic mass is 35.5. The van der Waals surface area contributed by atoms with Crippen molar-refractivity contribution in [3.63, 3.8) is 0 Å². The molecule has 18 heavy (non-hydrogen) atoms. The van der Waals surface area contributed by atoms with Crippen LogP contribution in [-0.2, 0) is 0 Å². The van der Waals surface area contributed by atoms with Crippen LogP contribution in [0, 0.1) is 0 Å². The summed E-state index contributed by atoms with van der Waals surface area (Å²) in [5, 5.41) is 3.60. The Kier molecular flexibility index (Phi) is 4.09. The first kappa shape index (κ1) is 13.2. The van der Waals surface area contributed by atoms with E-state index >= 15 is 0 Å². The summed E-state index contributed by atoms with van der Waals surface area (Å²) in [7, 11) is 1.93. The second-order valence-electron chi connectivity index (χ2n) is 4.14. The van der Waals surface area contributed by atoms with Gasteiger partial charge in [-0.25, -0.2) is 4.79 Å². The predicted octanol–water partition coefficient (Wildman–Crippen LogP) is 3.65. The minimum absolute atomic E-state index is 0.405. The van der Waals surface area contributed by atoms with E-state index in [-0.39, 0.29) is 0 Å². The molecule has 0 radical (unpaired) electrons. The van der Waals surface area contributed by atoms with Gasteiger partial charge in [-0.2, -0.15) is 4.99 Å². The van der Waals surface area contributed by atoms with E-state index in [1.165, 1.54) is 0 Å². The molecule has 0 unspecified atom stereocenters. The van der Waals surface area contributed by atoms with Crippen LogP contribution in [0.2, 0.25) is 10.0 Å². The van der Waals surface area contributed by atoms with Crippen molar-refractivity contribution in [3.8, 4) is 0 Å². The van der Waals surface area contributed by atoms with E-state index in [4.69, 9.17) is 23.2 Å². The molecule has 0 aliphatic carbocycles. The van der Waals surface area contributed by atoms with Crippen molar-refractivity contribution >= 4 is 40.8 Å². The van der Waals surface area contributed by atoms with Gasteiger partial charge in [-0.1, -0.05) is 23.2 Å². The summed E-state index contributed by atoms with van der Waals surface area (Å²) < 4.78 is 0. The predicted molar refractivity (Wildman–Crippen MR) is 74.8 cm³/mol. The number of nitrogens with zero attached hydrogens (tertiary/aromatic N) is 2. The highest BCUT2D eigenvalue weighted by Gasteiger charge is 2.15. The van der Waals surface area contributed by atoms with E-state index in [0.717, 1.165) is 25.2 Å². The smallest absolute Gasteiger partial charge is 0.347 e. The molecule has 0 aromatic heterocycles. The topological polar surface area (TPSA) is 44.7 Å². The van der Waals surface area contributed by atoms with Crippen LogP contribution in [0.1, 0.15) is 12.8 Å². The summed E-state index contributed by atoms with van der Waals surface area (Å²) in [6.07, 6.45) is 1.87. The number of nitrogens with one attached hydrogen (secondary N) is 1. The average molecular weight is 286 g/mol. The van der Waals surface area contributed by atoms with E-state index in [1.54, 1.807) is 18.2 Å². The summed E-state index contributed by atoms with van der Waals surface area (Å²) in [5.74, 6) is 0.806. The molecule has 1 aliphatic heterocycles. The fourth-order valence-electron chi connectivity index (χ4n) is 1.83. The van der Waals surface area contributed by atoms with Gasteiger partial charge in [0, 0.05) is 35.7 Å². The molecule has 0 bridgehead atoms. The summed E-state index contributed by atoms with van der Waals surface area (Å²) in [6.45, 7) is 0.940. The van der Waals surface area contributed by atoms with Crippen LogP contribution in [0.4, 0.5) is 10.5 Å². The fraction of sp³-hybridized carbons (Fsp3) is 0.333. The van der Waals surface area contributed by atoms with Gasteiger partial charge < -0.3 is 10.2 Å². The number of hydrogen-bond acceptors (Lipinski definition) is 1. The number of halogens is 2. The number of anilines is 1. The van der Waals surface area contributed by atoms with E-state index < -0.39 is 6.03 Å². The van der Waals surface area contributed by atoms with E-state index in [9.17, 15) is 4.79 Å². The van der Waals surface area contributed by atoms with Crippen LogP contribution in [0.3, 0.4) is 0 Å². The number of amides is 2. The Labute approximate surface area is 116 Å².